The first-order valence-corrected chi connectivity index (χ1v) is 28.3. The molecule has 6 heterocycles. The van der Waals surface area contributed by atoms with E-state index in [0.717, 1.165) is 31.6 Å². The number of methoxy groups -OCH3 is 2. The van der Waals surface area contributed by atoms with Crippen molar-refractivity contribution in [1.29, 1.82) is 0 Å². The van der Waals surface area contributed by atoms with Crippen LogP contribution in [-0.4, -0.2) is 148 Å². The quantitative estimate of drug-likeness (QED) is 0.131. The summed E-state index contributed by atoms with van der Waals surface area (Å²) >= 11 is 0. The second-order valence-electron chi connectivity index (χ2n) is 23.2. The van der Waals surface area contributed by atoms with Crippen LogP contribution in [0.1, 0.15) is 140 Å². The number of aliphatic hydroxyl groups is 2. The summed E-state index contributed by atoms with van der Waals surface area (Å²) in [7, 11) is 2.81. The third-order valence-corrected chi connectivity index (χ3v) is 17.5. The first kappa shape index (κ1) is 60.2. The van der Waals surface area contributed by atoms with E-state index in [4.69, 9.17) is 23.7 Å². The molecule has 21 nitrogen and oxygen atoms in total. The number of carbonyl (C=O) groups excluding carboxylic acids is 5. The number of anilines is 1. The zero-order valence-electron chi connectivity index (χ0n) is 48.4. The Morgan fingerprint density at radius 3 is 2.20 bits per heavy atom. The number of carboxylic acids is 1. The van der Waals surface area contributed by atoms with Gasteiger partial charge in [0.15, 0.2) is 11.6 Å². The molecule has 1 aromatic heterocycles. The number of aliphatic hydroxyl groups excluding tert-OH is 2. The highest BCUT2D eigenvalue weighted by atomic mass is 19.1. The van der Waals surface area contributed by atoms with Gasteiger partial charge in [-0.3, -0.25) is 28.8 Å². The van der Waals surface area contributed by atoms with Crippen LogP contribution in [0.2, 0.25) is 0 Å². The maximum absolute atomic E-state index is 16.4. The monoisotopic (exact) mass is 1150 g/mol. The molecule has 5 bridgehead atoms. The third-order valence-electron chi connectivity index (χ3n) is 17.5. The van der Waals surface area contributed by atoms with Gasteiger partial charge in [0.25, 0.3) is 11.7 Å². The van der Waals surface area contributed by atoms with Gasteiger partial charge >= 0.3 is 17.7 Å². The van der Waals surface area contributed by atoms with E-state index in [0.29, 0.717) is 37.9 Å². The van der Waals surface area contributed by atoms with E-state index < -0.39 is 128 Å². The Balaban J connectivity index is 1.03. The molecule has 2 aromatic carbocycles. The number of fused-ring (bicyclic) bond motifs is 15. The summed E-state index contributed by atoms with van der Waals surface area (Å²) in [6.45, 7) is 13.5. The Kier molecular flexibility index (Phi) is 17.2. The van der Waals surface area contributed by atoms with Crippen molar-refractivity contribution >= 4 is 51.8 Å². The molecule has 2 saturated heterocycles. The molecule has 3 aromatic rings. The highest BCUT2D eigenvalue weighted by molar-refractivity contribution is 6.32. The van der Waals surface area contributed by atoms with E-state index in [9.17, 15) is 44.4 Å². The molecular formula is C61H74FN5O16. The van der Waals surface area contributed by atoms with Crippen LogP contribution in [0.3, 0.4) is 0 Å². The molecule has 3 fully saturated rings. The standard InChI is InChI=1S/C61H74FN5O16/c1-28-13-11-14-29(2)59(76)64-45-48(65-22-18-35(19-23-65)63-36-15-12-21-66(26-36)47-40(62)25-38-46(57(47)80-10)67(37-16-17-37)27-39(52(38)72)60(77)78)54(74)42-43(53(45)73)51(71)33(6)56-44(42)58(75)61(8,83-56)81-24-20-41(79-9)30(3)55(82-34(7)68)32(5)50(70)31(4)49(28)69/h11,13-14,20,24-25,27-28,30-32,35-37,41,49-50,55,63,69-71H,12,15-19,21-23,26H2,1-10H3,(H,64,76)(H,77,78)/t28-,30+,31+,32+,36?,41-,49-,50+,55+,61-/m0/s1. The van der Waals surface area contributed by atoms with Crippen molar-refractivity contribution in [1.82, 2.24) is 20.1 Å². The average molecular weight is 1150 g/mol. The fraction of sp³-hybridized carbons (Fsp3) is 0.525. The molecule has 1 amide bonds. The van der Waals surface area contributed by atoms with Gasteiger partial charge in [-0.25, -0.2) is 9.18 Å². The number of aromatic nitrogens is 1. The van der Waals surface area contributed by atoms with E-state index in [1.165, 1.54) is 60.3 Å². The van der Waals surface area contributed by atoms with Crippen LogP contribution in [0.15, 0.2) is 64.6 Å². The van der Waals surface area contributed by atoms with Crippen LogP contribution in [0.25, 0.3) is 10.9 Å². The maximum Gasteiger partial charge on any atom is 0.341 e. The van der Waals surface area contributed by atoms with E-state index in [2.05, 4.69) is 10.6 Å². The molecule has 1 unspecified atom stereocenters. The summed E-state index contributed by atoms with van der Waals surface area (Å²) in [4.78, 5) is 101. The lowest BCUT2D eigenvalue weighted by atomic mass is 9.78. The number of aromatic carboxylic acids is 1. The molecule has 446 valence electrons. The number of nitrogens with one attached hydrogen (secondary N) is 2. The van der Waals surface area contributed by atoms with E-state index in [-0.39, 0.29) is 76.2 Å². The van der Waals surface area contributed by atoms with E-state index >= 15 is 14.0 Å². The summed E-state index contributed by atoms with van der Waals surface area (Å²) in [5.74, 6) is -11.7. The number of rotatable bonds is 9. The highest BCUT2D eigenvalue weighted by Crippen LogP contribution is 2.50. The summed E-state index contributed by atoms with van der Waals surface area (Å²) in [5.41, 5.74) is -2.56. The number of aromatic hydroxyl groups is 1. The Bertz CT molecular complexity index is 3360. The smallest absolute Gasteiger partial charge is 0.341 e. The van der Waals surface area contributed by atoms with Crippen LogP contribution < -0.4 is 30.4 Å². The SMILES string of the molecule is COc1c(N2CCCC(NC3CCN(C4=C5NC(=O)C(C)=CC=C[C@H](C)[C@H](O)[C@@H](C)[C@@H](O)[C@@H](C)[C@H](OC(C)=O)[C@H](C)[C@@H](OC)C=CO[C@@]6(C)Oc7c(C)c(O)c(c(c7C6=O)C4=O)C5=O)CC3)C2)c(F)cc2c(=O)c(C(=O)O)cn(C3CC3)c12. The maximum atomic E-state index is 16.4. The second kappa shape index (κ2) is 23.7. The van der Waals surface area contributed by atoms with Gasteiger partial charge in [-0.15, -0.1) is 0 Å². The van der Waals surface area contributed by atoms with Gasteiger partial charge in [-0.05, 0) is 64.5 Å². The zero-order valence-corrected chi connectivity index (χ0v) is 48.4. The Labute approximate surface area is 479 Å². The second-order valence-corrected chi connectivity index (χ2v) is 23.2. The van der Waals surface area contributed by atoms with Crippen molar-refractivity contribution in [3.63, 3.8) is 0 Å². The number of ether oxygens (including phenoxy) is 5. The molecule has 6 N–H and O–H groups in total. The summed E-state index contributed by atoms with van der Waals surface area (Å²) in [6, 6.07) is 0.704. The van der Waals surface area contributed by atoms with Crippen LogP contribution in [0, 0.1) is 36.4 Å². The predicted molar refractivity (Wildman–Crippen MR) is 301 cm³/mol. The number of pyridine rings is 1. The number of hydrogen-bond acceptors (Lipinski definition) is 18. The number of piperidine rings is 2. The number of likely N-dealkylation sites (tertiary alicyclic amines) is 1. The predicted octanol–water partition coefficient (Wildman–Crippen LogP) is 6.18. The highest BCUT2D eigenvalue weighted by Gasteiger charge is 2.53. The zero-order chi connectivity index (χ0) is 60.3. The van der Waals surface area contributed by atoms with Gasteiger partial charge in [0.2, 0.25) is 17.0 Å². The lowest BCUT2D eigenvalue weighted by molar-refractivity contribution is -0.160. The van der Waals surface area contributed by atoms with Crippen molar-refractivity contribution < 1.29 is 77.3 Å². The number of ketones is 3. The van der Waals surface area contributed by atoms with Crippen LogP contribution in [-0.2, 0) is 23.8 Å². The first-order chi connectivity index (χ1) is 39.3. The van der Waals surface area contributed by atoms with Crippen molar-refractivity contribution in [2.24, 2.45) is 23.7 Å². The lowest BCUT2D eigenvalue weighted by Crippen LogP contribution is -2.53. The normalized spacial score (nSPS) is 28.5. The van der Waals surface area contributed by atoms with Crippen molar-refractivity contribution in [2.75, 3.05) is 45.3 Å². The number of phenols is 1. The van der Waals surface area contributed by atoms with Gasteiger partial charge in [-0.1, -0.05) is 45.9 Å². The van der Waals surface area contributed by atoms with E-state index in [1.54, 1.807) is 49.3 Å². The summed E-state index contributed by atoms with van der Waals surface area (Å²) < 4.78 is 47.8. The Morgan fingerprint density at radius 1 is 0.867 bits per heavy atom. The number of Topliss-reactive ketones (excluding diaryl/α,β-unsaturated/α-hetero) is 3. The molecule has 7 aliphatic rings. The first-order valence-electron chi connectivity index (χ1n) is 28.3. The van der Waals surface area contributed by atoms with Gasteiger partial charge in [-0.2, -0.15) is 0 Å². The number of benzene rings is 2. The molecule has 83 heavy (non-hydrogen) atoms. The number of hydrogen-bond donors (Lipinski definition) is 6. The Hall–Kier alpha value is -7.40. The number of carboxylic acid groups (broad SMARTS) is 1. The number of carbonyl (C=O) groups is 6. The van der Waals surface area contributed by atoms with Crippen LogP contribution >= 0.6 is 0 Å². The number of allylic oxidation sites excluding steroid dienone is 4. The Morgan fingerprint density at radius 2 is 1.57 bits per heavy atom. The van der Waals surface area contributed by atoms with Crippen molar-refractivity contribution in [3.05, 3.63) is 104 Å². The minimum absolute atomic E-state index is 0.0427. The minimum atomic E-state index is -2.16. The molecular weight excluding hydrogens is 1080 g/mol. The van der Waals surface area contributed by atoms with Gasteiger partial charge in [0, 0.05) is 106 Å². The number of esters is 1. The number of nitrogens with zero attached hydrogens (tertiary/aromatic N) is 3. The van der Waals surface area contributed by atoms with Crippen molar-refractivity contribution in [3.8, 4) is 17.2 Å². The largest absolute Gasteiger partial charge is 0.507 e. The summed E-state index contributed by atoms with van der Waals surface area (Å²) in [6.07, 6.45) is 8.23. The molecule has 0 radical (unpaired) electrons. The molecule has 5 aliphatic heterocycles. The average Bonchev–Trinajstić information content (AvgIpc) is 4.42. The number of phenolic OH excluding ortho intramolecular Hbond substituents is 1. The van der Waals surface area contributed by atoms with E-state index in [1.807, 2.05) is 4.90 Å². The molecule has 0 spiro atoms. The lowest BCUT2D eigenvalue weighted by Gasteiger charge is -2.41. The van der Waals surface area contributed by atoms with Crippen molar-refractivity contribution in [2.45, 2.75) is 142 Å². The molecule has 22 heteroatoms. The van der Waals surface area contributed by atoms with Gasteiger partial charge in [0.05, 0.1) is 59.3 Å². The number of halogens is 1. The fourth-order valence-electron chi connectivity index (χ4n) is 12.6. The minimum Gasteiger partial charge on any atom is -0.507 e. The summed E-state index contributed by atoms with van der Waals surface area (Å²) in [5, 5.41) is 51.2. The number of amides is 1. The fourth-order valence-corrected chi connectivity index (χ4v) is 12.6. The van der Waals surface area contributed by atoms with Gasteiger partial charge in [0.1, 0.15) is 40.2 Å². The molecule has 2 aliphatic carbocycles. The molecule has 1 saturated carbocycles. The third kappa shape index (κ3) is 11.2. The van der Waals surface area contributed by atoms with Crippen LogP contribution in [0.4, 0.5) is 10.1 Å². The van der Waals surface area contributed by atoms with Crippen LogP contribution in [0.5, 0.6) is 17.2 Å². The topological polar surface area (TPSA) is 282 Å². The molecule has 10 rings (SSSR count). The molecule has 10 atom stereocenters. The van der Waals surface area contributed by atoms with Gasteiger partial charge < -0.3 is 69.1 Å².